The SMILES string of the molecule is CCNc1ccccc1N=C1CC=CC=C1NC(=O)CCCCCCCCC(=O)Nc1cccc2c1nc1c([n+]2CC)=CCCC=1. The maximum Gasteiger partial charge on any atom is 0.233 e. The summed E-state index contributed by atoms with van der Waals surface area (Å²) in [6.45, 7) is 5.88. The standard InChI is InChI=1S/C38H46N6O2/c1-3-39-28-18-11-12-19-29(28)40-30-20-13-14-21-31(30)41-36(45)26-9-7-5-6-8-10-27-37(46)42-33-23-17-25-35-38(33)43-32-22-15-16-24-34(32)44(35)4-2/h11-14,17-19,21-25,39H,3-10,15-16,20,26-27H2,1-2H3,(H,41,45)/p+1. The van der Waals surface area contributed by atoms with Gasteiger partial charge >= 0.3 is 0 Å². The molecular weight excluding hydrogens is 572 g/mol. The number of anilines is 2. The van der Waals surface area contributed by atoms with Gasteiger partial charge in [0.25, 0.3) is 0 Å². The number of unbranched alkanes of at least 4 members (excludes halogenated alkanes) is 5. The number of para-hydroxylation sites is 3. The highest BCUT2D eigenvalue weighted by atomic mass is 16.2. The van der Waals surface area contributed by atoms with Crippen LogP contribution in [0.4, 0.5) is 17.1 Å². The average molecular weight is 620 g/mol. The van der Waals surface area contributed by atoms with Crippen molar-refractivity contribution in [1.82, 2.24) is 10.3 Å². The second-order valence-electron chi connectivity index (χ2n) is 11.8. The van der Waals surface area contributed by atoms with E-state index in [2.05, 4.69) is 58.7 Å². The lowest BCUT2D eigenvalue weighted by Gasteiger charge is -2.15. The summed E-state index contributed by atoms with van der Waals surface area (Å²) in [5, 5.41) is 11.7. The number of carbonyl (C=O) groups is 2. The van der Waals surface area contributed by atoms with Crippen molar-refractivity contribution in [2.24, 2.45) is 4.99 Å². The van der Waals surface area contributed by atoms with Crippen molar-refractivity contribution in [2.45, 2.75) is 91.0 Å². The Morgan fingerprint density at radius 1 is 0.848 bits per heavy atom. The van der Waals surface area contributed by atoms with Gasteiger partial charge in [-0.1, -0.05) is 62.1 Å². The van der Waals surface area contributed by atoms with Crippen molar-refractivity contribution in [3.8, 4) is 0 Å². The van der Waals surface area contributed by atoms with Crippen LogP contribution in [-0.2, 0) is 16.1 Å². The van der Waals surface area contributed by atoms with E-state index in [1.54, 1.807) is 0 Å². The van der Waals surface area contributed by atoms with Gasteiger partial charge in [0.15, 0.2) is 5.52 Å². The van der Waals surface area contributed by atoms with Gasteiger partial charge in [0.05, 0.1) is 28.5 Å². The van der Waals surface area contributed by atoms with Crippen LogP contribution in [0.2, 0.25) is 0 Å². The molecule has 0 saturated heterocycles. The van der Waals surface area contributed by atoms with Crippen molar-refractivity contribution in [2.75, 3.05) is 17.2 Å². The first kappa shape index (κ1) is 32.8. The number of aliphatic imine (C=N–C) groups is 1. The molecule has 1 heterocycles. The monoisotopic (exact) mass is 619 g/mol. The van der Waals surface area contributed by atoms with Gasteiger partial charge < -0.3 is 16.0 Å². The second-order valence-corrected chi connectivity index (χ2v) is 11.8. The predicted octanol–water partition coefficient (Wildman–Crippen LogP) is 6.12. The van der Waals surface area contributed by atoms with Gasteiger partial charge in [0, 0.05) is 31.9 Å². The van der Waals surface area contributed by atoms with Crippen LogP contribution in [0, 0.1) is 0 Å². The van der Waals surface area contributed by atoms with E-state index < -0.39 is 0 Å². The van der Waals surface area contributed by atoms with Crippen LogP contribution in [0.15, 0.2) is 71.4 Å². The van der Waals surface area contributed by atoms with Gasteiger partial charge in [-0.05, 0) is 69.9 Å². The summed E-state index contributed by atoms with van der Waals surface area (Å²) in [5.74, 6) is 0.0528. The topological polar surface area (TPSA) is 99.4 Å². The fourth-order valence-corrected chi connectivity index (χ4v) is 6.09. The summed E-state index contributed by atoms with van der Waals surface area (Å²) in [5.41, 5.74) is 6.17. The van der Waals surface area contributed by atoms with Crippen molar-refractivity contribution in [1.29, 1.82) is 0 Å². The van der Waals surface area contributed by atoms with E-state index >= 15 is 0 Å². The number of benzene rings is 2. The smallest absolute Gasteiger partial charge is 0.233 e. The minimum atomic E-state index is 0.0230. The Morgan fingerprint density at radius 3 is 2.35 bits per heavy atom. The molecule has 0 spiro atoms. The lowest BCUT2D eigenvalue weighted by molar-refractivity contribution is -0.682. The molecule has 0 unspecified atom stereocenters. The molecule has 8 nitrogen and oxygen atoms in total. The van der Waals surface area contributed by atoms with Gasteiger partial charge in [-0.2, -0.15) is 4.57 Å². The lowest BCUT2D eigenvalue weighted by Crippen LogP contribution is -2.58. The first-order chi connectivity index (χ1) is 22.6. The van der Waals surface area contributed by atoms with Crippen molar-refractivity contribution in [3.05, 3.63) is 77.1 Å². The van der Waals surface area contributed by atoms with E-state index in [0.717, 1.165) is 109 Å². The third kappa shape index (κ3) is 8.56. The zero-order valence-electron chi connectivity index (χ0n) is 27.3. The molecule has 0 aliphatic heterocycles. The molecule has 0 bridgehead atoms. The molecule has 2 aliphatic rings. The summed E-state index contributed by atoms with van der Waals surface area (Å²) < 4.78 is 2.29. The summed E-state index contributed by atoms with van der Waals surface area (Å²) >= 11 is 0. The maximum atomic E-state index is 12.8. The summed E-state index contributed by atoms with van der Waals surface area (Å²) in [6, 6.07) is 14.0. The molecule has 8 heteroatoms. The maximum absolute atomic E-state index is 12.8. The van der Waals surface area contributed by atoms with Crippen molar-refractivity contribution < 1.29 is 14.2 Å². The van der Waals surface area contributed by atoms with Gasteiger partial charge in [-0.25, -0.2) is 9.98 Å². The molecule has 5 rings (SSSR count). The van der Waals surface area contributed by atoms with E-state index in [1.165, 1.54) is 5.35 Å². The van der Waals surface area contributed by atoms with Gasteiger partial charge in [-0.3, -0.25) is 9.59 Å². The van der Waals surface area contributed by atoms with Crippen molar-refractivity contribution >= 4 is 57.8 Å². The van der Waals surface area contributed by atoms with E-state index in [0.29, 0.717) is 19.3 Å². The molecule has 1 aromatic heterocycles. The number of aryl methyl sites for hydroxylation is 1. The first-order valence-electron chi connectivity index (χ1n) is 17.0. The third-order valence-electron chi connectivity index (χ3n) is 8.40. The fourth-order valence-electron chi connectivity index (χ4n) is 6.09. The molecule has 0 saturated carbocycles. The number of carbonyl (C=O) groups excluding carboxylic acids is 2. The first-order valence-corrected chi connectivity index (χ1v) is 17.0. The minimum Gasteiger partial charge on any atom is -0.384 e. The van der Waals surface area contributed by atoms with Crippen LogP contribution in [-0.4, -0.2) is 29.1 Å². The molecule has 240 valence electrons. The molecule has 2 aromatic carbocycles. The molecular formula is C38H47N6O2+. The zero-order valence-corrected chi connectivity index (χ0v) is 27.3. The van der Waals surface area contributed by atoms with Crippen LogP contribution >= 0.6 is 0 Å². The molecule has 2 amide bonds. The number of nitrogens with zero attached hydrogens (tertiary/aromatic N) is 3. The number of fused-ring (bicyclic) bond motifs is 2. The predicted molar refractivity (Wildman–Crippen MR) is 188 cm³/mol. The highest BCUT2D eigenvalue weighted by molar-refractivity contribution is 6.06. The Balaban J connectivity index is 1.01. The van der Waals surface area contributed by atoms with Crippen LogP contribution < -0.4 is 31.2 Å². The minimum absolute atomic E-state index is 0.0230. The van der Waals surface area contributed by atoms with E-state index in [-0.39, 0.29) is 11.8 Å². The quantitative estimate of drug-likeness (QED) is 0.141. The fraction of sp³-hybridized carbons (Fsp3) is 0.395. The Morgan fingerprint density at radius 2 is 1.57 bits per heavy atom. The van der Waals surface area contributed by atoms with Gasteiger partial charge in [0.2, 0.25) is 22.7 Å². The van der Waals surface area contributed by atoms with Gasteiger partial charge in [0.1, 0.15) is 11.9 Å². The normalized spacial score (nSPS) is 14.7. The second kappa shape index (κ2) is 16.6. The third-order valence-corrected chi connectivity index (χ3v) is 8.40. The Kier molecular flexibility index (Phi) is 11.9. The molecule has 3 N–H and O–H groups in total. The number of amides is 2. The zero-order chi connectivity index (χ0) is 32.1. The Labute approximate surface area is 272 Å². The van der Waals surface area contributed by atoms with Crippen molar-refractivity contribution in [3.63, 3.8) is 0 Å². The largest absolute Gasteiger partial charge is 0.384 e. The highest BCUT2D eigenvalue weighted by Crippen LogP contribution is 2.26. The van der Waals surface area contributed by atoms with Crippen LogP contribution in [0.5, 0.6) is 0 Å². The number of hydrogen-bond donors (Lipinski definition) is 3. The van der Waals surface area contributed by atoms with Crippen LogP contribution in [0.1, 0.15) is 84.5 Å². The van der Waals surface area contributed by atoms with E-state index in [4.69, 9.17) is 9.98 Å². The number of aromatic nitrogens is 2. The molecule has 0 fully saturated rings. The van der Waals surface area contributed by atoms with Gasteiger partial charge in [-0.15, -0.1) is 0 Å². The molecule has 2 aliphatic carbocycles. The number of hydrogen-bond acceptors (Lipinski definition) is 5. The van der Waals surface area contributed by atoms with Crippen LogP contribution in [0.3, 0.4) is 0 Å². The molecule has 0 radical (unpaired) electrons. The Bertz CT molecular complexity index is 1770. The summed E-state index contributed by atoms with van der Waals surface area (Å²) in [7, 11) is 0. The Hall–Kier alpha value is -4.59. The summed E-state index contributed by atoms with van der Waals surface area (Å²) in [4.78, 5) is 35.3. The molecule has 3 aromatic rings. The molecule has 0 atom stereocenters. The number of nitrogens with one attached hydrogen (secondary N) is 3. The van der Waals surface area contributed by atoms with Crippen LogP contribution in [0.25, 0.3) is 23.2 Å². The summed E-state index contributed by atoms with van der Waals surface area (Å²) in [6.07, 6.45) is 19.9. The number of allylic oxidation sites excluding steroid dienone is 4. The lowest BCUT2D eigenvalue weighted by atomic mass is 10.1. The average Bonchev–Trinajstić information content (AvgIpc) is 3.07. The highest BCUT2D eigenvalue weighted by Gasteiger charge is 2.18. The van der Waals surface area contributed by atoms with E-state index in [1.807, 2.05) is 48.6 Å². The van der Waals surface area contributed by atoms with E-state index in [9.17, 15) is 9.59 Å². The molecule has 46 heavy (non-hydrogen) atoms. The number of rotatable bonds is 15.